The van der Waals surface area contributed by atoms with Crippen LogP contribution in [0.2, 0.25) is 0 Å². The second kappa shape index (κ2) is 4.10. The Morgan fingerprint density at radius 3 is 2.70 bits per heavy atom. The maximum Gasteiger partial charge on any atom is 0.333 e. The molecular weight excluding hydrogens is 250 g/mol. The molecule has 0 N–H and O–H groups in total. The Morgan fingerprint density at radius 1 is 1.35 bits per heavy atom. The molecule has 0 aliphatic heterocycles. The number of nitrogens with zero attached hydrogens (tertiary/aromatic N) is 1. The zero-order chi connectivity index (χ0) is 14.6. The van der Waals surface area contributed by atoms with Crippen molar-refractivity contribution in [3.05, 3.63) is 12.2 Å². The molecule has 4 aliphatic rings. The second-order valence-electron chi connectivity index (χ2n) is 8.07. The van der Waals surface area contributed by atoms with E-state index in [-0.39, 0.29) is 22.2 Å². The van der Waals surface area contributed by atoms with Crippen molar-refractivity contribution in [2.45, 2.75) is 52.4 Å². The van der Waals surface area contributed by atoms with Crippen molar-refractivity contribution in [2.24, 2.45) is 22.2 Å². The fraction of sp³-hybridized carbons (Fsp3) is 0.765. The molecule has 20 heavy (non-hydrogen) atoms. The van der Waals surface area contributed by atoms with E-state index >= 15 is 0 Å². The van der Waals surface area contributed by atoms with Gasteiger partial charge in [-0.3, -0.25) is 0 Å². The van der Waals surface area contributed by atoms with Gasteiger partial charge in [-0.05, 0) is 56.8 Å². The van der Waals surface area contributed by atoms with Gasteiger partial charge in [-0.25, -0.2) is 4.79 Å². The predicted molar refractivity (Wildman–Crippen MR) is 75.6 cm³/mol. The Hall–Kier alpha value is -1.30. The molecule has 4 fully saturated rings. The van der Waals surface area contributed by atoms with Crippen molar-refractivity contribution in [2.75, 3.05) is 6.61 Å². The SMILES string of the molecule is C=C(C)C(=O)OCC12CC3CC(C)(CC(C#N)(C3)C1)C2. The molecule has 4 atom stereocenters. The van der Waals surface area contributed by atoms with Crippen LogP contribution in [0.25, 0.3) is 0 Å². The molecule has 4 aliphatic carbocycles. The molecule has 0 aromatic carbocycles. The summed E-state index contributed by atoms with van der Waals surface area (Å²) < 4.78 is 5.47. The lowest BCUT2D eigenvalue weighted by molar-refractivity contribution is -0.168. The normalized spacial score (nSPS) is 45.0. The first-order valence-corrected chi connectivity index (χ1v) is 7.53. The summed E-state index contributed by atoms with van der Waals surface area (Å²) >= 11 is 0. The van der Waals surface area contributed by atoms with Crippen molar-refractivity contribution in [1.82, 2.24) is 0 Å². The summed E-state index contributed by atoms with van der Waals surface area (Å²) in [5.74, 6) is 0.344. The smallest absolute Gasteiger partial charge is 0.333 e. The summed E-state index contributed by atoms with van der Waals surface area (Å²) in [7, 11) is 0. The third-order valence-corrected chi connectivity index (χ3v) is 5.56. The predicted octanol–water partition coefficient (Wildman–Crippen LogP) is 3.61. The quantitative estimate of drug-likeness (QED) is 0.583. The van der Waals surface area contributed by atoms with E-state index in [4.69, 9.17) is 4.74 Å². The van der Waals surface area contributed by atoms with Crippen molar-refractivity contribution >= 4 is 5.97 Å². The third-order valence-electron chi connectivity index (χ3n) is 5.56. The van der Waals surface area contributed by atoms with E-state index in [1.165, 1.54) is 6.42 Å². The van der Waals surface area contributed by atoms with E-state index < -0.39 is 0 Å². The molecular formula is C17H23NO2. The first-order chi connectivity index (χ1) is 9.29. The second-order valence-corrected chi connectivity index (χ2v) is 8.07. The highest BCUT2D eigenvalue weighted by atomic mass is 16.5. The van der Waals surface area contributed by atoms with E-state index in [1.807, 2.05) is 0 Å². The van der Waals surface area contributed by atoms with Gasteiger partial charge in [-0.2, -0.15) is 5.26 Å². The topological polar surface area (TPSA) is 50.1 Å². The van der Waals surface area contributed by atoms with Crippen LogP contribution in [0.3, 0.4) is 0 Å². The van der Waals surface area contributed by atoms with Crippen LogP contribution in [0, 0.1) is 33.5 Å². The van der Waals surface area contributed by atoms with E-state index in [0.717, 1.165) is 32.1 Å². The lowest BCUT2D eigenvalue weighted by Gasteiger charge is -2.63. The summed E-state index contributed by atoms with van der Waals surface area (Å²) in [6.07, 6.45) is 6.45. The number of hydrogen-bond acceptors (Lipinski definition) is 3. The largest absolute Gasteiger partial charge is 0.462 e. The molecule has 4 rings (SSSR count). The Kier molecular flexibility index (Phi) is 2.80. The van der Waals surface area contributed by atoms with Crippen LogP contribution in [0.4, 0.5) is 0 Å². The zero-order valence-corrected chi connectivity index (χ0v) is 12.5. The van der Waals surface area contributed by atoms with Gasteiger partial charge in [-0.15, -0.1) is 0 Å². The van der Waals surface area contributed by atoms with Crippen LogP contribution < -0.4 is 0 Å². The molecule has 0 spiro atoms. The maximum atomic E-state index is 11.7. The Bertz CT molecular complexity index is 520. The molecule has 4 bridgehead atoms. The van der Waals surface area contributed by atoms with Crippen LogP contribution in [0.5, 0.6) is 0 Å². The lowest BCUT2D eigenvalue weighted by atomic mass is 9.40. The van der Waals surface area contributed by atoms with E-state index in [2.05, 4.69) is 19.6 Å². The monoisotopic (exact) mass is 273 g/mol. The van der Waals surface area contributed by atoms with Gasteiger partial charge >= 0.3 is 5.97 Å². The van der Waals surface area contributed by atoms with E-state index in [0.29, 0.717) is 18.1 Å². The van der Waals surface area contributed by atoms with Crippen LogP contribution >= 0.6 is 0 Å². The van der Waals surface area contributed by atoms with Gasteiger partial charge in [0, 0.05) is 11.0 Å². The molecule has 3 heteroatoms. The van der Waals surface area contributed by atoms with Gasteiger partial charge < -0.3 is 4.74 Å². The minimum Gasteiger partial charge on any atom is -0.462 e. The average molecular weight is 273 g/mol. The number of hydrogen-bond donors (Lipinski definition) is 0. The van der Waals surface area contributed by atoms with Crippen molar-refractivity contribution < 1.29 is 9.53 Å². The first-order valence-electron chi connectivity index (χ1n) is 7.53. The number of carbonyl (C=O) groups is 1. The lowest BCUT2D eigenvalue weighted by Crippen LogP contribution is -2.57. The van der Waals surface area contributed by atoms with Gasteiger partial charge in [0.2, 0.25) is 0 Å². The van der Waals surface area contributed by atoms with Crippen molar-refractivity contribution in [3.8, 4) is 6.07 Å². The van der Waals surface area contributed by atoms with Gasteiger partial charge in [0.1, 0.15) is 0 Å². The van der Waals surface area contributed by atoms with Gasteiger partial charge in [0.05, 0.1) is 18.1 Å². The van der Waals surface area contributed by atoms with Crippen LogP contribution in [0.15, 0.2) is 12.2 Å². The average Bonchev–Trinajstić information content (AvgIpc) is 2.33. The fourth-order valence-electron chi connectivity index (χ4n) is 5.77. The Labute approximate surface area is 121 Å². The van der Waals surface area contributed by atoms with E-state index in [9.17, 15) is 10.1 Å². The Morgan fingerprint density at radius 2 is 2.10 bits per heavy atom. The number of esters is 1. The standard InChI is InChI=1S/C17H23NO2/c1-12(2)14(19)20-11-17-6-13-4-15(3,8-17)7-16(5-13,9-17)10-18/h13H,1,4-9,11H2,2-3H3. The van der Waals surface area contributed by atoms with Crippen LogP contribution in [-0.4, -0.2) is 12.6 Å². The summed E-state index contributed by atoms with van der Waals surface area (Å²) in [6, 6.07) is 2.61. The van der Waals surface area contributed by atoms with E-state index in [1.54, 1.807) is 6.92 Å². The highest BCUT2D eigenvalue weighted by molar-refractivity contribution is 5.86. The summed E-state index contributed by atoms with van der Waals surface area (Å²) in [4.78, 5) is 11.7. The van der Waals surface area contributed by atoms with Crippen molar-refractivity contribution in [3.63, 3.8) is 0 Å². The summed E-state index contributed by atoms with van der Waals surface area (Å²) in [6.45, 7) is 8.10. The fourth-order valence-corrected chi connectivity index (χ4v) is 5.77. The molecule has 0 radical (unpaired) electrons. The first kappa shape index (κ1) is 13.7. The minimum atomic E-state index is -0.295. The van der Waals surface area contributed by atoms with Crippen molar-refractivity contribution in [1.29, 1.82) is 5.26 Å². The minimum absolute atomic E-state index is 0.0367. The third kappa shape index (κ3) is 2.06. The maximum absolute atomic E-state index is 11.7. The molecule has 0 heterocycles. The highest BCUT2D eigenvalue weighted by Crippen LogP contribution is 2.69. The highest BCUT2D eigenvalue weighted by Gasteiger charge is 2.62. The molecule has 0 saturated heterocycles. The summed E-state index contributed by atoms with van der Waals surface area (Å²) in [5.41, 5.74) is 0.597. The summed E-state index contributed by atoms with van der Waals surface area (Å²) in [5, 5.41) is 9.65. The zero-order valence-electron chi connectivity index (χ0n) is 12.5. The molecule has 3 nitrogen and oxygen atoms in total. The van der Waals surface area contributed by atoms with Gasteiger partial charge in [0.15, 0.2) is 0 Å². The molecule has 4 saturated carbocycles. The molecule has 0 aromatic rings. The molecule has 0 amide bonds. The number of carbonyl (C=O) groups excluding carboxylic acids is 1. The number of nitriles is 1. The molecule has 0 aromatic heterocycles. The Balaban J connectivity index is 1.82. The molecule has 108 valence electrons. The van der Waals surface area contributed by atoms with Gasteiger partial charge in [-0.1, -0.05) is 13.5 Å². The number of rotatable bonds is 3. The van der Waals surface area contributed by atoms with Gasteiger partial charge in [0.25, 0.3) is 0 Å². The number of ether oxygens (including phenoxy) is 1. The van der Waals surface area contributed by atoms with Crippen LogP contribution in [0.1, 0.15) is 52.4 Å². The van der Waals surface area contributed by atoms with Crippen LogP contribution in [-0.2, 0) is 9.53 Å². The molecule has 4 unspecified atom stereocenters.